The minimum absolute atomic E-state index is 0.514. The Morgan fingerprint density at radius 2 is 2.18 bits per heavy atom. The quantitative estimate of drug-likeness (QED) is 0.706. The number of aromatic nitrogens is 1. The summed E-state index contributed by atoms with van der Waals surface area (Å²) in [7, 11) is 0. The van der Waals surface area contributed by atoms with Crippen LogP contribution in [-0.4, -0.2) is 5.16 Å². The van der Waals surface area contributed by atoms with Gasteiger partial charge >= 0.3 is 0 Å². The molecule has 11 heavy (non-hydrogen) atoms. The standard InChI is InChI=1S/C8H14N2O/c1-5(2)4-7-6(3)8(9)10-11-7/h5H,4H2,1-3H3,(H2,9,10). The molecular weight excluding hydrogens is 140 g/mol. The summed E-state index contributed by atoms with van der Waals surface area (Å²) in [6.45, 7) is 6.21. The van der Waals surface area contributed by atoms with Crippen molar-refractivity contribution in [1.82, 2.24) is 5.16 Å². The minimum Gasteiger partial charge on any atom is -0.381 e. The second-order valence-electron chi connectivity index (χ2n) is 3.21. The molecule has 0 atom stereocenters. The first-order valence-electron chi connectivity index (χ1n) is 3.82. The Bertz CT molecular complexity index is 240. The van der Waals surface area contributed by atoms with Crippen molar-refractivity contribution in [3.8, 4) is 0 Å². The molecule has 0 saturated carbocycles. The van der Waals surface area contributed by atoms with Crippen molar-refractivity contribution in [2.45, 2.75) is 27.2 Å². The van der Waals surface area contributed by atoms with Gasteiger partial charge in [-0.1, -0.05) is 19.0 Å². The molecule has 3 heteroatoms. The van der Waals surface area contributed by atoms with E-state index in [1.54, 1.807) is 0 Å². The van der Waals surface area contributed by atoms with Crippen molar-refractivity contribution < 1.29 is 4.52 Å². The largest absolute Gasteiger partial charge is 0.381 e. The first-order valence-corrected chi connectivity index (χ1v) is 3.82. The van der Waals surface area contributed by atoms with E-state index >= 15 is 0 Å². The van der Waals surface area contributed by atoms with Gasteiger partial charge in [0.15, 0.2) is 5.82 Å². The van der Waals surface area contributed by atoms with Gasteiger partial charge in [0.25, 0.3) is 0 Å². The van der Waals surface area contributed by atoms with Crippen molar-refractivity contribution >= 4 is 5.82 Å². The summed E-state index contributed by atoms with van der Waals surface area (Å²) in [5, 5.41) is 3.67. The van der Waals surface area contributed by atoms with E-state index in [4.69, 9.17) is 10.3 Å². The van der Waals surface area contributed by atoms with Gasteiger partial charge in [0.05, 0.1) is 0 Å². The van der Waals surface area contributed by atoms with Crippen LogP contribution in [0.15, 0.2) is 4.52 Å². The van der Waals surface area contributed by atoms with E-state index < -0.39 is 0 Å². The van der Waals surface area contributed by atoms with Crippen molar-refractivity contribution in [2.24, 2.45) is 5.92 Å². The molecule has 0 aliphatic rings. The topological polar surface area (TPSA) is 52.0 Å². The molecule has 62 valence electrons. The number of hydrogen-bond acceptors (Lipinski definition) is 3. The lowest BCUT2D eigenvalue weighted by Crippen LogP contribution is -1.94. The zero-order valence-electron chi connectivity index (χ0n) is 7.22. The SMILES string of the molecule is Cc1c(N)noc1CC(C)C. The third-order valence-electron chi connectivity index (χ3n) is 1.65. The molecule has 0 amide bonds. The van der Waals surface area contributed by atoms with Gasteiger partial charge in [-0.3, -0.25) is 0 Å². The van der Waals surface area contributed by atoms with Crippen LogP contribution in [0.25, 0.3) is 0 Å². The molecule has 1 aromatic rings. The molecule has 1 heterocycles. The normalized spacial score (nSPS) is 10.9. The highest BCUT2D eigenvalue weighted by Gasteiger charge is 2.09. The molecular formula is C8H14N2O. The first kappa shape index (κ1) is 8.11. The van der Waals surface area contributed by atoms with E-state index in [1.165, 1.54) is 0 Å². The fraction of sp³-hybridized carbons (Fsp3) is 0.625. The van der Waals surface area contributed by atoms with E-state index in [0.717, 1.165) is 17.7 Å². The molecule has 1 aromatic heterocycles. The molecule has 0 radical (unpaired) electrons. The molecule has 0 unspecified atom stereocenters. The molecule has 0 saturated heterocycles. The molecule has 1 rings (SSSR count). The summed E-state index contributed by atoms with van der Waals surface area (Å²) in [6, 6.07) is 0. The third-order valence-corrected chi connectivity index (χ3v) is 1.65. The average Bonchev–Trinajstić information content (AvgIpc) is 2.18. The van der Waals surface area contributed by atoms with Crippen molar-refractivity contribution in [3.05, 3.63) is 11.3 Å². The lowest BCUT2D eigenvalue weighted by atomic mass is 10.1. The lowest BCUT2D eigenvalue weighted by molar-refractivity contribution is 0.370. The average molecular weight is 154 g/mol. The van der Waals surface area contributed by atoms with Gasteiger partial charge in [-0.25, -0.2) is 0 Å². The molecule has 2 N–H and O–H groups in total. The highest BCUT2D eigenvalue weighted by Crippen LogP contribution is 2.17. The highest BCUT2D eigenvalue weighted by molar-refractivity contribution is 5.38. The van der Waals surface area contributed by atoms with Crippen LogP contribution in [0.5, 0.6) is 0 Å². The van der Waals surface area contributed by atoms with E-state index in [9.17, 15) is 0 Å². The lowest BCUT2D eigenvalue weighted by Gasteiger charge is -1.99. The smallest absolute Gasteiger partial charge is 0.169 e. The molecule has 0 aliphatic heterocycles. The predicted octanol–water partition coefficient (Wildman–Crippen LogP) is 1.76. The van der Waals surface area contributed by atoms with Crippen molar-refractivity contribution in [1.29, 1.82) is 0 Å². The molecule has 0 spiro atoms. The molecule has 0 aliphatic carbocycles. The Morgan fingerprint density at radius 3 is 2.55 bits per heavy atom. The summed E-state index contributed by atoms with van der Waals surface area (Å²) < 4.78 is 5.03. The van der Waals surface area contributed by atoms with Gasteiger partial charge in [0.2, 0.25) is 0 Å². The van der Waals surface area contributed by atoms with Crippen LogP contribution in [0.2, 0.25) is 0 Å². The Kier molecular flexibility index (Phi) is 2.17. The number of anilines is 1. The van der Waals surface area contributed by atoms with Crippen molar-refractivity contribution in [3.63, 3.8) is 0 Å². The molecule has 0 fully saturated rings. The van der Waals surface area contributed by atoms with Crippen LogP contribution < -0.4 is 5.73 Å². The first-order chi connectivity index (χ1) is 5.11. The number of nitrogens with two attached hydrogens (primary N) is 1. The minimum atomic E-state index is 0.514. The maximum Gasteiger partial charge on any atom is 0.169 e. The van der Waals surface area contributed by atoms with Gasteiger partial charge in [-0.2, -0.15) is 0 Å². The summed E-state index contributed by atoms with van der Waals surface area (Å²) in [5.41, 5.74) is 6.50. The second-order valence-corrected chi connectivity index (χ2v) is 3.21. The van der Waals surface area contributed by atoms with Crippen LogP contribution in [0.4, 0.5) is 5.82 Å². The molecule has 3 nitrogen and oxygen atoms in total. The highest BCUT2D eigenvalue weighted by atomic mass is 16.5. The summed E-state index contributed by atoms with van der Waals surface area (Å²) >= 11 is 0. The third kappa shape index (κ3) is 1.73. The Labute approximate surface area is 66.6 Å². The number of nitrogen functional groups attached to an aromatic ring is 1. The van der Waals surface area contributed by atoms with E-state index in [2.05, 4.69) is 19.0 Å². The predicted molar refractivity (Wildman–Crippen MR) is 44.2 cm³/mol. The molecule has 0 bridgehead atoms. The monoisotopic (exact) mass is 154 g/mol. The summed E-state index contributed by atoms with van der Waals surface area (Å²) in [6.07, 6.45) is 0.913. The maximum atomic E-state index is 5.51. The maximum absolute atomic E-state index is 5.51. The summed E-state index contributed by atoms with van der Waals surface area (Å²) in [4.78, 5) is 0. The Hall–Kier alpha value is -0.990. The zero-order valence-corrected chi connectivity index (χ0v) is 7.22. The van der Waals surface area contributed by atoms with Crippen LogP contribution in [-0.2, 0) is 6.42 Å². The van der Waals surface area contributed by atoms with Gasteiger partial charge in [0, 0.05) is 12.0 Å². The Balaban J connectivity index is 2.79. The van der Waals surface area contributed by atoms with Gasteiger partial charge in [-0.15, -0.1) is 0 Å². The molecule has 0 aromatic carbocycles. The van der Waals surface area contributed by atoms with Crippen molar-refractivity contribution in [2.75, 3.05) is 5.73 Å². The second kappa shape index (κ2) is 2.95. The summed E-state index contributed by atoms with van der Waals surface area (Å²) in [5.74, 6) is 2.01. The van der Waals surface area contributed by atoms with E-state index in [1.807, 2.05) is 6.92 Å². The van der Waals surface area contributed by atoms with E-state index in [-0.39, 0.29) is 0 Å². The van der Waals surface area contributed by atoms with Crippen LogP contribution in [0.1, 0.15) is 25.2 Å². The fourth-order valence-electron chi connectivity index (χ4n) is 0.945. The van der Waals surface area contributed by atoms with Gasteiger partial charge < -0.3 is 10.3 Å². The zero-order chi connectivity index (χ0) is 8.43. The fourth-order valence-corrected chi connectivity index (χ4v) is 0.945. The number of rotatable bonds is 2. The number of nitrogens with zero attached hydrogens (tertiary/aromatic N) is 1. The van der Waals surface area contributed by atoms with Gasteiger partial charge in [-0.05, 0) is 12.8 Å². The van der Waals surface area contributed by atoms with Gasteiger partial charge in [0.1, 0.15) is 5.76 Å². The number of hydrogen-bond donors (Lipinski definition) is 1. The Morgan fingerprint density at radius 1 is 1.55 bits per heavy atom. The van der Waals surface area contributed by atoms with E-state index in [0.29, 0.717) is 11.7 Å². The van der Waals surface area contributed by atoms with Crippen LogP contribution in [0.3, 0.4) is 0 Å². The van der Waals surface area contributed by atoms with Crippen LogP contribution in [0, 0.1) is 12.8 Å². The van der Waals surface area contributed by atoms with Crippen LogP contribution >= 0.6 is 0 Å².